The van der Waals surface area contributed by atoms with Gasteiger partial charge in [-0.2, -0.15) is 0 Å². The van der Waals surface area contributed by atoms with Crippen LogP contribution in [0.3, 0.4) is 0 Å². The average molecular weight is 231 g/mol. The first kappa shape index (κ1) is 17.5. The van der Waals surface area contributed by atoms with Crippen molar-refractivity contribution in [3.63, 3.8) is 0 Å². The second-order valence-corrected chi connectivity index (χ2v) is 4.25. The Bertz CT molecular complexity index is 85.1. The van der Waals surface area contributed by atoms with Crippen LogP contribution in [-0.4, -0.2) is 28.9 Å². The van der Waals surface area contributed by atoms with Gasteiger partial charge in [-0.1, -0.05) is 64.7 Å². The van der Waals surface area contributed by atoms with Gasteiger partial charge in [-0.05, 0) is 6.42 Å². The molecule has 0 atom stereocenters. The van der Waals surface area contributed by atoms with E-state index >= 15 is 0 Å². The van der Waals surface area contributed by atoms with Gasteiger partial charge in [-0.3, -0.25) is 0 Å². The predicted molar refractivity (Wildman–Crippen MR) is 70.5 cm³/mol. The molecule has 0 unspecified atom stereocenters. The molecular weight excluding hydrogens is 204 g/mol. The van der Waals surface area contributed by atoms with Crippen LogP contribution in [0.2, 0.25) is 0 Å². The fraction of sp³-hybridized carbons (Fsp3) is 1.00. The van der Waals surface area contributed by atoms with E-state index in [0.29, 0.717) is 0 Å². The summed E-state index contributed by atoms with van der Waals surface area (Å²) in [4.78, 5) is 0. The molecule has 0 N–H and O–H groups in total. The fourth-order valence-electron chi connectivity index (χ4n) is 1.58. The van der Waals surface area contributed by atoms with E-state index in [4.69, 9.17) is 11.6 Å². The molecule has 0 aromatic heterocycles. The molecular formula is C12H27ClMg. The van der Waals surface area contributed by atoms with E-state index in [2.05, 4.69) is 6.92 Å². The van der Waals surface area contributed by atoms with Crippen LogP contribution in [0.25, 0.3) is 0 Å². The smallest absolute Gasteiger partial charge is 1.00 e. The number of hydrogen-bond donors (Lipinski definition) is 0. The van der Waals surface area contributed by atoms with Crippen LogP contribution in [0, 0.1) is 0 Å². The third-order valence-corrected chi connectivity index (χ3v) is 2.75. The molecule has 0 aliphatic carbocycles. The first-order valence-corrected chi connectivity index (χ1v) is 6.51. The van der Waals surface area contributed by atoms with Gasteiger partial charge in [0.25, 0.3) is 0 Å². The normalized spacial score (nSPS) is 9.86. The molecule has 0 aromatic rings. The fourth-order valence-corrected chi connectivity index (χ4v) is 1.77. The molecule has 0 spiro atoms. The van der Waals surface area contributed by atoms with E-state index in [0.717, 1.165) is 5.88 Å². The number of alkyl halides is 1. The van der Waals surface area contributed by atoms with Crippen LogP contribution in [-0.2, 0) is 0 Å². The van der Waals surface area contributed by atoms with Crippen LogP contribution in [0.5, 0.6) is 0 Å². The topological polar surface area (TPSA) is 0 Å². The van der Waals surface area contributed by atoms with Crippen LogP contribution < -0.4 is 0 Å². The van der Waals surface area contributed by atoms with Gasteiger partial charge in [0.1, 0.15) is 0 Å². The summed E-state index contributed by atoms with van der Waals surface area (Å²) < 4.78 is 0. The molecule has 0 saturated carbocycles. The number of unbranched alkanes of at least 4 members (excludes halogenated alkanes) is 9. The summed E-state index contributed by atoms with van der Waals surface area (Å²) in [7, 11) is 0. The standard InChI is InChI=1S/C12H25Cl.Mg.2H/c1-2-3-4-5-6-7-8-9-10-11-12-13;;;/h2-12H2,1H3;;;/q;+2;2*-1. The zero-order valence-corrected chi connectivity index (χ0v) is 12.0. The zero-order valence-electron chi connectivity index (χ0n) is 11.9. The number of halogens is 1. The second kappa shape index (κ2) is 16.5. The molecule has 0 aromatic carbocycles. The van der Waals surface area contributed by atoms with Gasteiger partial charge < -0.3 is 2.85 Å². The molecule has 0 aliphatic rings. The van der Waals surface area contributed by atoms with Crippen molar-refractivity contribution in [3.8, 4) is 0 Å². The summed E-state index contributed by atoms with van der Waals surface area (Å²) in [5, 5.41) is 0. The predicted octanol–water partition coefficient (Wildman–Crippen LogP) is 4.99. The van der Waals surface area contributed by atoms with Gasteiger partial charge in [0, 0.05) is 5.88 Å². The Labute approximate surface area is 114 Å². The van der Waals surface area contributed by atoms with Crippen LogP contribution in [0.15, 0.2) is 0 Å². The maximum Gasteiger partial charge on any atom is 2.00 e. The Morgan fingerprint density at radius 1 is 0.714 bits per heavy atom. The summed E-state index contributed by atoms with van der Waals surface area (Å²) >= 11 is 5.60. The van der Waals surface area contributed by atoms with Crippen molar-refractivity contribution < 1.29 is 2.85 Å². The van der Waals surface area contributed by atoms with Gasteiger partial charge in [0.15, 0.2) is 0 Å². The van der Waals surface area contributed by atoms with E-state index in [1.54, 1.807) is 0 Å². The molecule has 0 amide bonds. The number of rotatable bonds is 10. The largest absolute Gasteiger partial charge is 2.00 e. The van der Waals surface area contributed by atoms with Crippen molar-refractivity contribution >= 4 is 34.7 Å². The first-order chi connectivity index (χ1) is 6.41. The summed E-state index contributed by atoms with van der Waals surface area (Å²) in [5.74, 6) is 0.844. The molecule has 0 radical (unpaired) electrons. The minimum absolute atomic E-state index is 0. The Balaban J connectivity index is -0.000000240. The van der Waals surface area contributed by atoms with Crippen LogP contribution in [0.1, 0.15) is 74.0 Å². The number of hydrogen-bond acceptors (Lipinski definition) is 0. The molecule has 0 heterocycles. The molecule has 0 saturated heterocycles. The van der Waals surface area contributed by atoms with E-state index in [-0.39, 0.29) is 25.9 Å². The van der Waals surface area contributed by atoms with E-state index < -0.39 is 0 Å². The molecule has 0 nitrogen and oxygen atoms in total. The molecule has 0 aliphatic heterocycles. The monoisotopic (exact) mass is 230 g/mol. The van der Waals surface area contributed by atoms with E-state index in [9.17, 15) is 0 Å². The molecule has 2 heteroatoms. The maximum absolute atomic E-state index is 5.60. The third kappa shape index (κ3) is 15.5. The zero-order chi connectivity index (χ0) is 9.78. The Morgan fingerprint density at radius 3 is 1.43 bits per heavy atom. The first-order valence-electron chi connectivity index (χ1n) is 5.97. The molecule has 0 bridgehead atoms. The molecule has 14 heavy (non-hydrogen) atoms. The minimum atomic E-state index is 0. The Morgan fingerprint density at radius 2 is 1.07 bits per heavy atom. The average Bonchev–Trinajstić information content (AvgIpc) is 2.16. The van der Waals surface area contributed by atoms with Crippen LogP contribution >= 0.6 is 11.6 Å². The summed E-state index contributed by atoms with van der Waals surface area (Å²) in [6, 6.07) is 0. The van der Waals surface area contributed by atoms with Crippen molar-refractivity contribution in [2.45, 2.75) is 71.1 Å². The van der Waals surface area contributed by atoms with Gasteiger partial charge in [0.2, 0.25) is 0 Å². The molecule has 0 rings (SSSR count). The van der Waals surface area contributed by atoms with E-state index in [1.165, 1.54) is 64.2 Å². The summed E-state index contributed by atoms with van der Waals surface area (Å²) in [6.07, 6.45) is 13.9. The maximum atomic E-state index is 5.60. The minimum Gasteiger partial charge on any atom is -1.00 e. The SMILES string of the molecule is CCCCCCCCCCCCCl.[H-].[H-].[Mg+2]. The summed E-state index contributed by atoms with van der Waals surface area (Å²) in [5.41, 5.74) is 0. The van der Waals surface area contributed by atoms with Crippen molar-refractivity contribution in [2.75, 3.05) is 5.88 Å². The quantitative estimate of drug-likeness (QED) is 0.282. The molecule has 84 valence electrons. The van der Waals surface area contributed by atoms with Gasteiger partial charge in [0.05, 0.1) is 0 Å². The van der Waals surface area contributed by atoms with Gasteiger partial charge in [-0.15, -0.1) is 11.6 Å². The van der Waals surface area contributed by atoms with Crippen molar-refractivity contribution in [3.05, 3.63) is 0 Å². The van der Waals surface area contributed by atoms with Crippen molar-refractivity contribution in [1.82, 2.24) is 0 Å². The van der Waals surface area contributed by atoms with Crippen LogP contribution in [0.4, 0.5) is 0 Å². The van der Waals surface area contributed by atoms with E-state index in [1.807, 2.05) is 0 Å². The third-order valence-electron chi connectivity index (χ3n) is 2.49. The second-order valence-electron chi connectivity index (χ2n) is 3.87. The van der Waals surface area contributed by atoms with Crippen molar-refractivity contribution in [1.29, 1.82) is 0 Å². The van der Waals surface area contributed by atoms with Crippen molar-refractivity contribution in [2.24, 2.45) is 0 Å². The van der Waals surface area contributed by atoms with Gasteiger partial charge >= 0.3 is 23.1 Å². The Kier molecular flexibility index (Phi) is 20.5. The van der Waals surface area contributed by atoms with Gasteiger partial charge in [-0.25, -0.2) is 0 Å². The molecule has 0 fully saturated rings. The Hall–Kier alpha value is 1.06. The summed E-state index contributed by atoms with van der Waals surface area (Å²) in [6.45, 7) is 2.27.